The van der Waals surface area contributed by atoms with Crippen molar-refractivity contribution >= 4 is 18.0 Å². The van der Waals surface area contributed by atoms with E-state index in [1.54, 1.807) is 44.2 Å². The molecule has 7 heteroatoms. The van der Waals surface area contributed by atoms with Crippen LogP contribution in [-0.2, 0) is 14.3 Å². The number of carbonyl (C=O) groups is 3. The Kier molecular flexibility index (Phi) is 8.05. The number of hydrogen-bond acceptors (Lipinski definition) is 5. The highest BCUT2D eigenvalue weighted by Crippen LogP contribution is 2.43. The number of hydrogen-bond donors (Lipinski definition) is 2. The molecule has 0 aliphatic heterocycles. The molecule has 1 saturated carbocycles. The van der Waals surface area contributed by atoms with Gasteiger partial charge in [-0.3, -0.25) is 4.79 Å². The van der Waals surface area contributed by atoms with Gasteiger partial charge in [-0.25, -0.2) is 9.59 Å². The van der Waals surface area contributed by atoms with Crippen molar-refractivity contribution in [1.82, 2.24) is 5.32 Å². The molecule has 0 bridgehead atoms. The molecular weight excluding hydrogens is 374 g/mol. The van der Waals surface area contributed by atoms with Crippen molar-refractivity contribution in [2.75, 3.05) is 6.54 Å². The number of rotatable bonds is 8. The lowest BCUT2D eigenvalue weighted by Crippen LogP contribution is -2.46. The van der Waals surface area contributed by atoms with Gasteiger partial charge in [-0.05, 0) is 24.5 Å². The molecule has 7 nitrogen and oxygen atoms in total. The summed E-state index contributed by atoms with van der Waals surface area (Å²) in [5.74, 6) is -1.49. The standard InChI is InChI=1S/C22H31NO6/c1-15(2)20(28-19(26)17-10-5-4-6-11-17)29-21(27)23-14-22(13-18(24)25)12-8-7-9-16(22)3/h4-6,10-11,15-16,20H,7-9,12-14H2,1-3H3,(H,23,27)(H,24,25). The smallest absolute Gasteiger partial charge is 0.410 e. The van der Waals surface area contributed by atoms with Crippen LogP contribution in [0.3, 0.4) is 0 Å². The molecule has 0 radical (unpaired) electrons. The largest absolute Gasteiger partial charge is 0.481 e. The van der Waals surface area contributed by atoms with E-state index in [2.05, 4.69) is 5.32 Å². The quantitative estimate of drug-likeness (QED) is 0.496. The average Bonchev–Trinajstić information content (AvgIpc) is 2.68. The van der Waals surface area contributed by atoms with Gasteiger partial charge in [-0.15, -0.1) is 0 Å². The molecule has 160 valence electrons. The summed E-state index contributed by atoms with van der Waals surface area (Å²) >= 11 is 0. The highest BCUT2D eigenvalue weighted by atomic mass is 16.7. The first-order valence-electron chi connectivity index (χ1n) is 10.2. The second-order valence-electron chi connectivity index (χ2n) is 8.22. The molecule has 0 spiro atoms. The molecule has 0 heterocycles. The molecular formula is C22H31NO6. The first kappa shape index (κ1) is 22.7. The summed E-state index contributed by atoms with van der Waals surface area (Å²) in [5, 5.41) is 12.0. The van der Waals surface area contributed by atoms with Gasteiger partial charge in [0.1, 0.15) is 0 Å². The van der Waals surface area contributed by atoms with Crippen molar-refractivity contribution < 1.29 is 29.0 Å². The van der Waals surface area contributed by atoms with Crippen LogP contribution in [0.4, 0.5) is 4.79 Å². The van der Waals surface area contributed by atoms with Crippen LogP contribution in [0.25, 0.3) is 0 Å². The Labute approximate surface area is 171 Å². The molecule has 29 heavy (non-hydrogen) atoms. The van der Waals surface area contributed by atoms with Crippen LogP contribution in [0.1, 0.15) is 63.2 Å². The van der Waals surface area contributed by atoms with E-state index in [-0.39, 0.29) is 24.8 Å². The zero-order chi connectivity index (χ0) is 21.4. The maximum atomic E-state index is 12.4. The minimum Gasteiger partial charge on any atom is -0.481 e. The maximum absolute atomic E-state index is 12.4. The van der Waals surface area contributed by atoms with Gasteiger partial charge in [0, 0.05) is 17.9 Å². The summed E-state index contributed by atoms with van der Waals surface area (Å²) in [6.45, 7) is 5.82. The van der Waals surface area contributed by atoms with Gasteiger partial charge in [-0.1, -0.05) is 58.2 Å². The number of nitrogens with one attached hydrogen (secondary N) is 1. The van der Waals surface area contributed by atoms with E-state index in [1.807, 2.05) is 6.92 Å². The zero-order valence-electron chi connectivity index (χ0n) is 17.3. The van der Waals surface area contributed by atoms with Crippen LogP contribution >= 0.6 is 0 Å². The minimum absolute atomic E-state index is 0.00501. The Balaban J connectivity index is 1.97. The minimum atomic E-state index is -1.04. The summed E-state index contributed by atoms with van der Waals surface area (Å²) in [6, 6.07) is 8.49. The number of amides is 1. The third kappa shape index (κ3) is 6.48. The molecule has 1 aromatic rings. The lowest BCUT2D eigenvalue weighted by atomic mass is 9.65. The van der Waals surface area contributed by atoms with Crippen molar-refractivity contribution in [1.29, 1.82) is 0 Å². The van der Waals surface area contributed by atoms with E-state index in [1.165, 1.54) is 0 Å². The highest BCUT2D eigenvalue weighted by molar-refractivity contribution is 5.89. The van der Waals surface area contributed by atoms with E-state index in [0.717, 1.165) is 25.7 Å². The van der Waals surface area contributed by atoms with E-state index in [4.69, 9.17) is 9.47 Å². The molecule has 3 unspecified atom stereocenters. The second-order valence-corrected chi connectivity index (χ2v) is 8.22. The normalized spacial score (nSPS) is 22.6. The Bertz CT molecular complexity index is 705. The number of aliphatic carboxylic acids is 1. The number of esters is 1. The molecule has 0 aromatic heterocycles. The Morgan fingerprint density at radius 3 is 2.45 bits per heavy atom. The molecule has 1 amide bonds. The fraction of sp³-hybridized carbons (Fsp3) is 0.591. The molecule has 1 fully saturated rings. The summed E-state index contributed by atoms with van der Waals surface area (Å²) < 4.78 is 10.7. The summed E-state index contributed by atoms with van der Waals surface area (Å²) in [4.78, 5) is 36.0. The predicted octanol–water partition coefficient (Wildman–Crippen LogP) is 4.22. The van der Waals surface area contributed by atoms with E-state index in [0.29, 0.717) is 5.56 Å². The van der Waals surface area contributed by atoms with Gasteiger partial charge in [0.15, 0.2) is 0 Å². The van der Waals surface area contributed by atoms with Crippen LogP contribution in [0, 0.1) is 17.3 Å². The van der Waals surface area contributed by atoms with Gasteiger partial charge in [-0.2, -0.15) is 0 Å². The third-order valence-electron chi connectivity index (χ3n) is 5.70. The monoisotopic (exact) mass is 405 g/mol. The second kappa shape index (κ2) is 10.3. The van der Waals surface area contributed by atoms with Crippen LogP contribution in [0.15, 0.2) is 30.3 Å². The van der Waals surface area contributed by atoms with E-state index in [9.17, 15) is 19.5 Å². The molecule has 0 saturated heterocycles. The first-order chi connectivity index (χ1) is 13.7. The van der Waals surface area contributed by atoms with Crippen LogP contribution in [0.5, 0.6) is 0 Å². The van der Waals surface area contributed by atoms with E-state index >= 15 is 0 Å². The van der Waals surface area contributed by atoms with Crippen LogP contribution in [-0.4, -0.2) is 36.0 Å². The van der Waals surface area contributed by atoms with Crippen molar-refractivity contribution in [2.24, 2.45) is 17.3 Å². The number of carbonyl (C=O) groups excluding carboxylic acids is 2. The molecule has 2 N–H and O–H groups in total. The lowest BCUT2D eigenvalue weighted by molar-refractivity contribution is -0.141. The summed E-state index contributed by atoms with van der Waals surface area (Å²) in [7, 11) is 0. The number of alkyl carbamates (subject to hydrolysis) is 1. The van der Waals surface area contributed by atoms with Gasteiger partial charge in [0.05, 0.1) is 12.0 Å². The first-order valence-corrected chi connectivity index (χ1v) is 10.2. The van der Waals surface area contributed by atoms with Gasteiger partial charge in [0.25, 0.3) is 6.29 Å². The fourth-order valence-corrected chi connectivity index (χ4v) is 3.81. The number of benzene rings is 1. The van der Waals surface area contributed by atoms with Crippen molar-refractivity contribution in [3.63, 3.8) is 0 Å². The Morgan fingerprint density at radius 2 is 1.86 bits per heavy atom. The average molecular weight is 405 g/mol. The Morgan fingerprint density at radius 1 is 1.17 bits per heavy atom. The Hall–Kier alpha value is -2.57. The molecule has 1 aromatic carbocycles. The molecule has 1 aliphatic rings. The third-order valence-corrected chi connectivity index (χ3v) is 5.70. The van der Waals surface area contributed by atoms with Crippen molar-refractivity contribution in [3.8, 4) is 0 Å². The topological polar surface area (TPSA) is 102 Å². The van der Waals surface area contributed by atoms with Gasteiger partial charge >= 0.3 is 18.0 Å². The lowest BCUT2D eigenvalue weighted by Gasteiger charge is -2.42. The summed E-state index contributed by atoms with van der Waals surface area (Å²) in [5.41, 5.74) is -0.115. The maximum Gasteiger partial charge on any atom is 0.410 e. The molecule has 2 rings (SSSR count). The highest BCUT2D eigenvalue weighted by Gasteiger charge is 2.40. The van der Waals surface area contributed by atoms with Gasteiger partial charge < -0.3 is 19.9 Å². The van der Waals surface area contributed by atoms with E-state index < -0.39 is 29.7 Å². The van der Waals surface area contributed by atoms with Crippen molar-refractivity contribution in [2.45, 2.75) is 59.2 Å². The summed E-state index contributed by atoms with van der Waals surface area (Å²) in [6.07, 6.45) is 1.94. The van der Waals surface area contributed by atoms with Crippen molar-refractivity contribution in [3.05, 3.63) is 35.9 Å². The fourth-order valence-electron chi connectivity index (χ4n) is 3.81. The predicted molar refractivity (Wildman–Crippen MR) is 107 cm³/mol. The SMILES string of the molecule is CC(C)C(OC(=O)NCC1(CC(=O)O)CCCCC1C)OC(=O)c1ccccc1. The zero-order valence-corrected chi connectivity index (χ0v) is 17.3. The van der Waals surface area contributed by atoms with Crippen LogP contribution in [0.2, 0.25) is 0 Å². The van der Waals surface area contributed by atoms with Gasteiger partial charge in [0.2, 0.25) is 0 Å². The molecule has 3 atom stereocenters. The molecule has 1 aliphatic carbocycles. The van der Waals surface area contributed by atoms with Crippen LogP contribution < -0.4 is 5.32 Å². The number of carboxylic acids is 1. The number of carboxylic acid groups (broad SMARTS) is 1. The number of ether oxygens (including phenoxy) is 2.